The van der Waals surface area contributed by atoms with Gasteiger partial charge in [0, 0.05) is 18.7 Å². The van der Waals surface area contributed by atoms with E-state index >= 15 is 0 Å². The van der Waals surface area contributed by atoms with Crippen molar-refractivity contribution in [2.75, 3.05) is 11.9 Å². The first kappa shape index (κ1) is 18.8. The van der Waals surface area contributed by atoms with Crippen molar-refractivity contribution in [1.82, 2.24) is 10.2 Å². The molecule has 1 aromatic rings. The van der Waals surface area contributed by atoms with Crippen LogP contribution in [0, 0.1) is 10.8 Å². The SMILES string of the molecule is O=C(O)CC12CC(CNc3cccc4c3C(=O)N(C3CCC(=O)NC3=O)C4=O)(C1)C2. The molecule has 1 saturated heterocycles. The highest BCUT2D eigenvalue weighted by Crippen LogP contribution is 2.74. The van der Waals surface area contributed by atoms with Gasteiger partial charge in [-0.15, -0.1) is 0 Å². The number of hydrogen-bond donors (Lipinski definition) is 3. The first-order valence-electron chi connectivity index (χ1n) is 10.0. The van der Waals surface area contributed by atoms with Gasteiger partial charge in [-0.2, -0.15) is 0 Å². The minimum absolute atomic E-state index is 0.0488. The predicted molar refractivity (Wildman–Crippen MR) is 103 cm³/mol. The summed E-state index contributed by atoms with van der Waals surface area (Å²) in [6.45, 7) is 0.602. The zero-order valence-corrected chi connectivity index (χ0v) is 16.2. The van der Waals surface area contributed by atoms with E-state index in [0.717, 1.165) is 24.2 Å². The predicted octanol–water partition coefficient (Wildman–Crippen LogP) is 1.14. The van der Waals surface area contributed by atoms with Gasteiger partial charge in [0.25, 0.3) is 11.8 Å². The fraction of sp³-hybridized carbons (Fsp3) is 0.476. The van der Waals surface area contributed by atoms with E-state index in [0.29, 0.717) is 12.2 Å². The van der Waals surface area contributed by atoms with E-state index < -0.39 is 35.6 Å². The number of amides is 4. The summed E-state index contributed by atoms with van der Waals surface area (Å²) < 4.78 is 0. The molecule has 4 fully saturated rings. The molecule has 3 N–H and O–H groups in total. The third kappa shape index (κ3) is 2.64. The van der Waals surface area contributed by atoms with Crippen LogP contribution in [0.5, 0.6) is 0 Å². The Balaban J connectivity index is 1.32. The fourth-order valence-corrected chi connectivity index (χ4v) is 5.87. The van der Waals surface area contributed by atoms with Crippen LogP contribution in [-0.4, -0.2) is 52.2 Å². The van der Waals surface area contributed by atoms with Crippen LogP contribution in [0.1, 0.15) is 59.2 Å². The van der Waals surface area contributed by atoms with Gasteiger partial charge in [-0.05, 0) is 48.6 Å². The average Bonchev–Trinajstić information content (AvgIpc) is 2.88. The molecule has 1 atom stereocenters. The van der Waals surface area contributed by atoms with Gasteiger partial charge in [0.05, 0.1) is 17.5 Å². The summed E-state index contributed by atoms with van der Waals surface area (Å²) in [6, 6.07) is 4.00. The fourth-order valence-electron chi connectivity index (χ4n) is 5.87. The van der Waals surface area contributed by atoms with Crippen molar-refractivity contribution >= 4 is 35.3 Å². The van der Waals surface area contributed by atoms with Gasteiger partial charge >= 0.3 is 5.97 Å². The molecule has 0 radical (unpaired) electrons. The van der Waals surface area contributed by atoms with Crippen molar-refractivity contribution < 1.29 is 29.1 Å². The van der Waals surface area contributed by atoms with Gasteiger partial charge in [0.1, 0.15) is 6.04 Å². The number of anilines is 1. The molecule has 9 nitrogen and oxygen atoms in total. The number of hydrogen-bond acceptors (Lipinski definition) is 6. The van der Waals surface area contributed by atoms with E-state index in [4.69, 9.17) is 5.11 Å². The maximum Gasteiger partial charge on any atom is 0.303 e. The van der Waals surface area contributed by atoms with Crippen molar-refractivity contribution in [3.05, 3.63) is 29.3 Å². The number of rotatable bonds is 6. The van der Waals surface area contributed by atoms with Crippen LogP contribution in [0.3, 0.4) is 0 Å². The number of carboxylic acid groups (broad SMARTS) is 1. The van der Waals surface area contributed by atoms with Crippen LogP contribution in [0.15, 0.2) is 18.2 Å². The molecular weight excluding hydrogens is 390 g/mol. The zero-order valence-electron chi connectivity index (χ0n) is 16.2. The second-order valence-electron chi connectivity index (χ2n) is 9.13. The third-order valence-corrected chi connectivity index (χ3v) is 6.90. The molecule has 2 heterocycles. The Morgan fingerprint density at radius 3 is 2.53 bits per heavy atom. The second-order valence-corrected chi connectivity index (χ2v) is 9.13. The normalized spacial score (nSPS) is 31.6. The molecular formula is C21H21N3O6. The van der Waals surface area contributed by atoms with E-state index in [1.807, 2.05) is 0 Å². The number of benzene rings is 1. The zero-order chi connectivity index (χ0) is 21.3. The summed E-state index contributed by atoms with van der Waals surface area (Å²) in [6.07, 6.45) is 2.95. The standard InChI is InChI=1S/C21H21N3O6/c25-14-5-4-13(17(28)23-14)24-18(29)11-2-1-3-12(16(11)19(24)30)22-10-21-7-20(8-21,9-21)6-15(26)27/h1-3,13,22H,4-10H2,(H,26,27)(H,23,25,28). The molecule has 4 amide bonds. The van der Waals surface area contributed by atoms with Gasteiger partial charge in [-0.25, -0.2) is 0 Å². The third-order valence-electron chi connectivity index (χ3n) is 6.90. The van der Waals surface area contributed by atoms with Crippen LogP contribution in [0.25, 0.3) is 0 Å². The van der Waals surface area contributed by atoms with Crippen LogP contribution in [0.2, 0.25) is 0 Å². The van der Waals surface area contributed by atoms with Crippen molar-refractivity contribution in [2.45, 2.75) is 44.6 Å². The van der Waals surface area contributed by atoms with Crippen LogP contribution >= 0.6 is 0 Å². The molecule has 1 unspecified atom stereocenters. The van der Waals surface area contributed by atoms with Gasteiger partial charge < -0.3 is 10.4 Å². The number of carbonyl (C=O) groups excluding carboxylic acids is 4. The van der Waals surface area contributed by atoms with E-state index in [9.17, 15) is 24.0 Å². The molecule has 0 spiro atoms. The lowest BCUT2D eigenvalue weighted by molar-refractivity contribution is -0.204. The maximum atomic E-state index is 13.1. The van der Waals surface area contributed by atoms with Gasteiger partial charge in [-0.3, -0.25) is 34.2 Å². The van der Waals surface area contributed by atoms with E-state index in [1.54, 1.807) is 18.2 Å². The van der Waals surface area contributed by atoms with Crippen molar-refractivity contribution in [2.24, 2.45) is 10.8 Å². The highest BCUT2D eigenvalue weighted by molar-refractivity contribution is 6.25. The number of aliphatic carboxylic acids is 1. The highest BCUT2D eigenvalue weighted by atomic mass is 16.4. The molecule has 30 heavy (non-hydrogen) atoms. The number of imide groups is 2. The Bertz CT molecular complexity index is 1010. The topological polar surface area (TPSA) is 133 Å². The van der Waals surface area contributed by atoms with E-state index in [1.165, 1.54) is 0 Å². The molecule has 0 aromatic heterocycles. The Hall–Kier alpha value is -3.23. The minimum Gasteiger partial charge on any atom is -0.481 e. The van der Waals surface area contributed by atoms with Crippen LogP contribution in [0.4, 0.5) is 5.69 Å². The smallest absolute Gasteiger partial charge is 0.303 e. The average molecular weight is 411 g/mol. The Morgan fingerprint density at radius 1 is 1.13 bits per heavy atom. The van der Waals surface area contributed by atoms with E-state index in [2.05, 4.69) is 10.6 Å². The van der Waals surface area contributed by atoms with Crippen molar-refractivity contribution in [1.29, 1.82) is 0 Å². The first-order chi connectivity index (χ1) is 14.2. The lowest BCUT2D eigenvalue weighted by Gasteiger charge is -2.70. The van der Waals surface area contributed by atoms with E-state index in [-0.39, 0.29) is 41.2 Å². The van der Waals surface area contributed by atoms with Crippen molar-refractivity contribution in [3.63, 3.8) is 0 Å². The van der Waals surface area contributed by atoms with Crippen molar-refractivity contribution in [3.8, 4) is 0 Å². The summed E-state index contributed by atoms with van der Waals surface area (Å²) >= 11 is 0. The van der Waals surface area contributed by atoms with Crippen LogP contribution < -0.4 is 10.6 Å². The quantitative estimate of drug-likeness (QED) is 0.598. The monoisotopic (exact) mass is 411 g/mol. The number of carbonyl (C=O) groups is 5. The molecule has 156 valence electrons. The first-order valence-corrected chi connectivity index (χ1v) is 10.0. The summed E-state index contributed by atoms with van der Waals surface area (Å²) in [5, 5.41) is 14.5. The molecule has 9 heteroatoms. The molecule has 5 aliphatic rings. The summed E-state index contributed by atoms with van der Waals surface area (Å²) in [5.41, 5.74) is 1.01. The minimum atomic E-state index is -0.989. The largest absolute Gasteiger partial charge is 0.481 e. The number of carboxylic acids is 1. The highest BCUT2D eigenvalue weighted by Gasteiger charge is 2.67. The number of fused-ring (bicyclic) bond motifs is 1. The Kier molecular flexibility index (Phi) is 3.84. The summed E-state index contributed by atoms with van der Waals surface area (Å²) in [4.78, 5) is 61.5. The number of nitrogens with zero attached hydrogens (tertiary/aromatic N) is 1. The second kappa shape index (κ2) is 6.13. The Labute approximate surface area is 171 Å². The molecule has 3 aliphatic carbocycles. The summed E-state index contributed by atoms with van der Waals surface area (Å²) in [5.74, 6) is -2.87. The molecule has 1 aromatic carbocycles. The lowest BCUT2D eigenvalue weighted by Crippen LogP contribution is -2.64. The molecule has 2 bridgehead atoms. The van der Waals surface area contributed by atoms with Gasteiger partial charge in [0.15, 0.2) is 0 Å². The number of piperidine rings is 1. The Morgan fingerprint density at radius 2 is 1.87 bits per heavy atom. The maximum absolute atomic E-state index is 13.1. The molecule has 2 aliphatic heterocycles. The van der Waals surface area contributed by atoms with Gasteiger partial charge in [0.2, 0.25) is 11.8 Å². The number of nitrogens with one attached hydrogen (secondary N) is 2. The molecule has 3 saturated carbocycles. The van der Waals surface area contributed by atoms with Crippen LogP contribution in [-0.2, 0) is 14.4 Å². The van der Waals surface area contributed by atoms with Gasteiger partial charge in [-0.1, -0.05) is 6.07 Å². The molecule has 6 rings (SSSR count). The lowest BCUT2D eigenvalue weighted by atomic mass is 9.34. The summed E-state index contributed by atoms with van der Waals surface area (Å²) in [7, 11) is 0.